The average molecular weight is 203 g/mol. The minimum atomic E-state index is 0.0214. The lowest BCUT2D eigenvalue weighted by atomic mass is 10.2. The molecule has 13 heavy (non-hydrogen) atoms. The summed E-state index contributed by atoms with van der Waals surface area (Å²) in [5.74, 6) is 0.345. The summed E-state index contributed by atoms with van der Waals surface area (Å²) in [5, 5.41) is 0. The van der Waals surface area contributed by atoms with Gasteiger partial charge in [-0.05, 0) is 25.3 Å². The van der Waals surface area contributed by atoms with Crippen LogP contribution in [-0.4, -0.2) is 24.9 Å². The lowest BCUT2D eigenvalue weighted by Gasteiger charge is -2.18. The summed E-state index contributed by atoms with van der Waals surface area (Å²) in [7, 11) is 0. The van der Waals surface area contributed by atoms with Crippen LogP contribution in [0.15, 0.2) is 16.8 Å². The maximum atomic E-state index is 5.49. The molecule has 4 heteroatoms. The first-order valence-electron chi connectivity index (χ1n) is 4.48. The van der Waals surface area contributed by atoms with Gasteiger partial charge in [-0.1, -0.05) is 0 Å². The summed E-state index contributed by atoms with van der Waals surface area (Å²) in [6.07, 6.45) is 6.75. The van der Waals surface area contributed by atoms with Gasteiger partial charge in [0.15, 0.2) is 0 Å². The molecule has 0 bridgehead atoms. The van der Waals surface area contributed by atoms with Crippen LogP contribution in [0.4, 0.5) is 0 Å². The van der Waals surface area contributed by atoms with Crippen molar-refractivity contribution in [3.63, 3.8) is 0 Å². The number of allylic oxidation sites excluding steroid dienone is 2. The van der Waals surface area contributed by atoms with Crippen LogP contribution in [0, 0.1) is 0 Å². The monoisotopic (exact) mass is 202 g/mol. The molecular weight excluding hydrogens is 188 g/mol. The van der Waals surface area contributed by atoms with Crippen molar-refractivity contribution < 1.29 is 4.74 Å². The number of aliphatic imine (C=N–C) groups is 1. The van der Waals surface area contributed by atoms with Gasteiger partial charge < -0.3 is 10.5 Å². The Kier molecular flexibility index (Phi) is 4.86. The van der Waals surface area contributed by atoms with Crippen molar-refractivity contribution in [1.82, 2.24) is 0 Å². The molecule has 0 aromatic heterocycles. The minimum Gasteiger partial charge on any atom is -0.401 e. The quantitative estimate of drug-likeness (QED) is 0.559. The molecule has 74 valence electrons. The third-order valence-electron chi connectivity index (χ3n) is 1.85. The van der Waals surface area contributed by atoms with Gasteiger partial charge in [-0.2, -0.15) is 0 Å². The Morgan fingerprint density at radius 1 is 1.62 bits per heavy atom. The fourth-order valence-corrected chi connectivity index (χ4v) is 1.21. The van der Waals surface area contributed by atoms with Gasteiger partial charge in [-0.15, -0.1) is 11.6 Å². The molecular formula is C9H15ClN2O. The average Bonchev–Trinajstić information content (AvgIpc) is 2.19. The van der Waals surface area contributed by atoms with Crippen molar-refractivity contribution in [2.45, 2.75) is 25.5 Å². The summed E-state index contributed by atoms with van der Waals surface area (Å²) in [6.45, 7) is 0.816. The Bertz CT molecular complexity index is 198. The summed E-state index contributed by atoms with van der Waals surface area (Å²) >= 11 is 5.49. The standard InChI is InChI=1S/C9H15ClN2O/c10-7-8(11)4-5-12-9-3-1-2-6-13-9/h4-5,9H,1-3,6-7,11H2/b8-4-,12-5+. The van der Waals surface area contributed by atoms with Crippen molar-refractivity contribution in [2.24, 2.45) is 10.7 Å². The van der Waals surface area contributed by atoms with E-state index in [9.17, 15) is 0 Å². The van der Waals surface area contributed by atoms with Crippen molar-refractivity contribution in [3.8, 4) is 0 Å². The van der Waals surface area contributed by atoms with Crippen molar-refractivity contribution in [3.05, 3.63) is 11.8 Å². The lowest BCUT2D eigenvalue weighted by Crippen LogP contribution is -2.16. The van der Waals surface area contributed by atoms with E-state index in [0.717, 1.165) is 19.4 Å². The Hall–Kier alpha value is -0.540. The van der Waals surface area contributed by atoms with Gasteiger partial charge in [-0.3, -0.25) is 4.99 Å². The molecule has 0 aromatic carbocycles. The second-order valence-corrected chi connectivity index (χ2v) is 3.26. The zero-order chi connectivity index (χ0) is 9.52. The number of rotatable bonds is 3. The van der Waals surface area contributed by atoms with E-state index >= 15 is 0 Å². The maximum Gasteiger partial charge on any atom is 0.148 e. The van der Waals surface area contributed by atoms with Crippen LogP contribution < -0.4 is 5.73 Å². The first kappa shape index (κ1) is 10.5. The van der Waals surface area contributed by atoms with Gasteiger partial charge in [-0.25, -0.2) is 0 Å². The summed E-state index contributed by atoms with van der Waals surface area (Å²) in [6, 6.07) is 0. The number of ether oxygens (including phenoxy) is 1. The summed E-state index contributed by atoms with van der Waals surface area (Å²) in [5.41, 5.74) is 6.11. The molecule has 1 aliphatic rings. The van der Waals surface area contributed by atoms with Crippen LogP contribution in [0.25, 0.3) is 0 Å². The first-order valence-corrected chi connectivity index (χ1v) is 5.02. The highest BCUT2D eigenvalue weighted by molar-refractivity contribution is 6.19. The molecule has 0 saturated carbocycles. The van der Waals surface area contributed by atoms with Gasteiger partial charge in [0.05, 0.1) is 5.88 Å². The fraction of sp³-hybridized carbons (Fsp3) is 0.667. The molecule has 1 saturated heterocycles. The predicted octanol–water partition coefficient (Wildman–Crippen LogP) is 1.67. The largest absolute Gasteiger partial charge is 0.401 e. The summed E-state index contributed by atoms with van der Waals surface area (Å²) in [4.78, 5) is 4.21. The molecule has 0 radical (unpaired) electrons. The van der Waals surface area contributed by atoms with Gasteiger partial charge in [0, 0.05) is 18.5 Å². The SMILES string of the molecule is N/C(=C\C=N\C1CCCCO1)CCl. The Balaban J connectivity index is 2.29. The Morgan fingerprint density at radius 2 is 2.46 bits per heavy atom. The van der Waals surface area contributed by atoms with Crippen LogP contribution in [0.5, 0.6) is 0 Å². The number of alkyl halides is 1. The zero-order valence-electron chi connectivity index (χ0n) is 7.58. The van der Waals surface area contributed by atoms with Gasteiger partial charge >= 0.3 is 0 Å². The van der Waals surface area contributed by atoms with Gasteiger partial charge in [0.1, 0.15) is 6.23 Å². The van der Waals surface area contributed by atoms with Crippen molar-refractivity contribution in [2.75, 3.05) is 12.5 Å². The molecule has 0 amide bonds. The van der Waals surface area contributed by atoms with Crippen molar-refractivity contribution >= 4 is 17.8 Å². The van der Waals surface area contributed by atoms with E-state index in [1.165, 1.54) is 6.42 Å². The Morgan fingerprint density at radius 3 is 3.08 bits per heavy atom. The third kappa shape index (κ3) is 4.29. The Labute approximate surface area is 83.6 Å². The molecule has 1 atom stereocenters. The normalized spacial score (nSPS) is 25.3. The van der Waals surface area contributed by atoms with E-state index < -0.39 is 0 Å². The molecule has 1 rings (SSSR count). The van der Waals surface area contributed by atoms with Crippen molar-refractivity contribution in [1.29, 1.82) is 0 Å². The molecule has 3 nitrogen and oxygen atoms in total. The van der Waals surface area contributed by atoms with Crippen LogP contribution >= 0.6 is 11.6 Å². The third-order valence-corrected chi connectivity index (χ3v) is 2.16. The minimum absolute atomic E-state index is 0.0214. The molecule has 1 unspecified atom stereocenters. The van der Waals surface area contributed by atoms with E-state index in [1.54, 1.807) is 12.3 Å². The van der Waals surface area contributed by atoms with Crippen LogP contribution in [0.2, 0.25) is 0 Å². The second kappa shape index (κ2) is 6.00. The highest BCUT2D eigenvalue weighted by Gasteiger charge is 2.10. The van der Waals surface area contributed by atoms with E-state index in [-0.39, 0.29) is 6.23 Å². The molecule has 0 spiro atoms. The lowest BCUT2D eigenvalue weighted by molar-refractivity contribution is 0.0227. The second-order valence-electron chi connectivity index (χ2n) is 2.99. The number of nitrogens with zero attached hydrogens (tertiary/aromatic N) is 1. The van der Waals surface area contributed by atoms with E-state index in [4.69, 9.17) is 22.1 Å². The smallest absolute Gasteiger partial charge is 0.148 e. The molecule has 1 aliphatic heterocycles. The number of hydrogen-bond acceptors (Lipinski definition) is 3. The fourth-order valence-electron chi connectivity index (χ4n) is 1.12. The highest BCUT2D eigenvalue weighted by Crippen LogP contribution is 2.12. The number of hydrogen-bond donors (Lipinski definition) is 1. The maximum absolute atomic E-state index is 5.49. The van der Waals surface area contributed by atoms with E-state index in [1.807, 2.05) is 0 Å². The molecule has 0 aliphatic carbocycles. The molecule has 1 heterocycles. The zero-order valence-corrected chi connectivity index (χ0v) is 8.33. The van der Waals surface area contributed by atoms with Crippen LogP contribution in [0.1, 0.15) is 19.3 Å². The van der Waals surface area contributed by atoms with Crippen LogP contribution in [-0.2, 0) is 4.74 Å². The summed E-state index contributed by atoms with van der Waals surface area (Å²) < 4.78 is 5.39. The predicted molar refractivity (Wildman–Crippen MR) is 55.1 cm³/mol. The van der Waals surface area contributed by atoms with E-state index in [2.05, 4.69) is 4.99 Å². The topological polar surface area (TPSA) is 47.6 Å². The molecule has 0 aromatic rings. The first-order chi connectivity index (χ1) is 6.33. The van der Waals surface area contributed by atoms with Crippen LogP contribution in [0.3, 0.4) is 0 Å². The molecule has 2 N–H and O–H groups in total. The van der Waals surface area contributed by atoms with E-state index in [0.29, 0.717) is 11.6 Å². The number of nitrogens with two attached hydrogens (primary N) is 1. The van der Waals surface area contributed by atoms with Gasteiger partial charge in [0.2, 0.25) is 0 Å². The molecule has 1 fully saturated rings. The highest BCUT2D eigenvalue weighted by atomic mass is 35.5. The number of halogens is 1. The van der Waals surface area contributed by atoms with Gasteiger partial charge in [0.25, 0.3) is 0 Å².